The fraction of sp³-hybridized carbons (Fsp3) is 0.381. The van der Waals surface area contributed by atoms with Crippen molar-refractivity contribution >= 4 is 21.6 Å². The molecule has 1 amide bonds. The van der Waals surface area contributed by atoms with Crippen LogP contribution in [-0.4, -0.2) is 42.4 Å². The number of carbonyl (C=O) groups excluding carboxylic acids is 1. The van der Waals surface area contributed by atoms with Crippen molar-refractivity contribution in [3.8, 4) is 0 Å². The molecule has 2 aliphatic carbocycles. The lowest BCUT2D eigenvalue weighted by molar-refractivity contribution is 0.0731. The molecule has 0 aromatic heterocycles. The van der Waals surface area contributed by atoms with Gasteiger partial charge in [0, 0.05) is 17.8 Å². The predicted molar refractivity (Wildman–Crippen MR) is 104 cm³/mol. The molecule has 2 N–H and O–H groups in total. The molecule has 0 unspecified atom stereocenters. The third kappa shape index (κ3) is 2.69. The van der Waals surface area contributed by atoms with E-state index in [4.69, 9.17) is 0 Å². The molecule has 1 aliphatic heterocycles. The van der Waals surface area contributed by atoms with Gasteiger partial charge in [-0.25, -0.2) is 8.42 Å². The van der Waals surface area contributed by atoms with Gasteiger partial charge in [-0.1, -0.05) is 18.2 Å². The number of aliphatic hydroxyl groups is 1. The number of fused-ring (bicyclic) bond motifs is 1. The monoisotopic (exact) mass is 398 g/mol. The molecule has 7 heteroatoms. The fourth-order valence-corrected chi connectivity index (χ4v) is 7.01. The van der Waals surface area contributed by atoms with Crippen LogP contribution in [0.25, 0.3) is 0 Å². The van der Waals surface area contributed by atoms with E-state index in [1.54, 1.807) is 12.1 Å². The highest BCUT2D eigenvalue weighted by atomic mass is 32.2. The second-order valence-electron chi connectivity index (χ2n) is 8.06. The fourth-order valence-electron chi connectivity index (χ4n) is 5.27. The lowest BCUT2D eigenvalue weighted by atomic mass is 9.88. The van der Waals surface area contributed by atoms with Gasteiger partial charge in [-0.3, -0.25) is 4.79 Å². The maximum absolute atomic E-state index is 13.2. The Balaban J connectivity index is 1.36. The Bertz CT molecular complexity index is 1000. The number of hydrogen-bond acceptors (Lipinski definition) is 4. The number of carbonyl (C=O) groups is 1. The third-order valence-corrected chi connectivity index (χ3v) is 8.44. The van der Waals surface area contributed by atoms with Crippen molar-refractivity contribution in [1.82, 2.24) is 4.31 Å². The van der Waals surface area contributed by atoms with Crippen LogP contribution in [0.15, 0.2) is 59.5 Å². The van der Waals surface area contributed by atoms with Crippen molar-refractivity contribution in [2.45, 2.75) is 29.9 Å². The van der Waals surface area contributed by atoms with Crippen molar-refractivity contribution in [1.29, 1.82) is 0 Å². The van der Waals surface area contributed by atoms with E-state index in [0.29, 0.717) is 23.7 Å². The van der Waals surface area contributed by atoms with Crippen LogP contribution < -0.4 is 5.32 Å². The van der Waals surface area contributed by atoms with Gasteiger partial charge < -0.3 is 10.4 Å². The summed E-state index contributed by atoms with van der Waals surface area (Å²) in [5.41, 5.74) is 1.08. The summed E-state index contributed by atoms with van der Waals surface area (Å²) in [6, 6.07) is 14.8. The van der Waals surface area contributed by atoms with E-state index in [1.807, 2.05) is 18.2 Å². The van der Waals surface area contributed by atoms with Crippen LogP contribution in [0.1, 0.15) is 23.2 Å². The van der Waals surface area contributed by atoms with Crippen molar-refractivity contribution in [2.75, 3.05) is 11.9 Å². The number of benzene rings is 2. The largest absolute Gasteiger partial charge is 0.391 e. The van der Waals surface area contributed by atoms with Crippen LogP contribution in [0.2, 0.25) is 0 Å². The molecule has 2 aromatic carbocycles. The SMILES string of the molecule is O=C(Nc1ccccc1)c1ccc(S(=O)(=O)N2C[C@@H]3C[C@H]4C[C@H]3[C@@H]2[C@H]4O)cc1. The zero-order chi connectivity index (χ0) is 19.5. The molecule has 1 heterocycles. The number of nitrogens with zero attached hydrogens (tertiary/aromatic N) is 1. The minimum Gasteiger partial charge on any atom is -0.391 e. The summed E-state index contributed by atoms with van der Waals surface area (Å²) in [6.07, 6.45) is 1.29. The number of nitrogens with one attached hydrogen (secondary N) is 1. The van der Waals surface area contributed by atoms with Crippen LogP contribution in [0, 0.1) is 17.8 Å². The summed E-state index contributed by atoms with van der Waals surface area (Å²) in [7, 11) is -3.69. The zero-order valence-corrected chi connectivity index (χ0v) is 16.0. The molecule has 0 radical (unpaired) electrons. The Morgan fingerprint density at radius 2 is 1.71 bits per heavy atom. The normalized spacial score (nSPS) is 31.2. The molecule has 2 saturated carbocycles. The number of hydrogen-bond donors (Lipinski definition) is 2. The summed E-state index contributed by atoms with van der Waals surface area (Å²) in [6.45, 7) is 0.488. The number of rotatable bonds is 4. The molecule has 3 fully saturated rings. The van der Waals surface area contributed by atoms with E-state index < -0.39 is 16.1 Å². The van der Waals surface area contributed by atoms with Gasteiger partial charge in [0.1, 0.15) is 0 Å². The second-order valence-corrected chi connectivity index (χ2v) is 9.95. The molecule has 3 aliphatic rings. The van der Waals surface area contributed by atoms with Gasteiger partial charge in [0.15, 0.2) is 0 Å². The van der Waals surface area contributed by atoms with E-state index in [1.165, 1.54) is 28.6 Å². The molecule has 5 atom stereocenters. The molecule has 0 spiro atoms. The quantitative estimate of drug-likeness (QED) is 0.828. The van der Waals surface area contributed by atoms with Crippen LogP contribution in [0.3, 0.4) is 0 Å². The van der Waals surface area contributed by atoms with Crippen molar-refractivity contribution < 1.29 is 18.3 Å². The number of aliphatic hydroxyl groups excluding tert-OH is 1. The van der Waals surface area contributed by atoms with E-state index >= 15 is 0 Å². The van der Waals surface area contributed by atoms with Gasteiger partial charge in [-0.2, -0.15) is 4.31 Å². The topological polar surface area (TPSA) is 86.7 Å². The van der Waals surface area contributed by atoms with E-state index in [9.17, 15) is 18.3 Å². The van der Waals surface area contributed by atoms with Crippen LogP contribution >= 0.6 is 0 Å². The highest BCUT2D eigenvalue weighted by Crippen LogP contribution is 2.56. The van der Waals surface area contributed by atoms with Crippen LogP contribution in [-0.2, 0) is 10.0 Å². The maximum atomic E-state index is 13.2. The summed E-state index contributed by atoms with van der Waals surface area (Å²) >= 11 is 0. The Kier molecular flexibility index (Phi) is 4.08. The zero-order valence-electron chi connectivity index (χ0n) is 15.2. The number of para-hydroxylation sites is 1. The molecule has 2 aromatic rings. The van der Waals surface area contributed by atoms with Gasteiger partial charge in [-0.15, -0.1) is 0 Å². The van der Waals surface area contributed by atoms with E-state index in [-0.39, 0.29) is 28.7 Å². The van der Waals surface area contributed by atoms with Gasteiger partial charge >= 0.3 is 0 Å². The summed E-state index contributed by atoms with van der Waals surface area (Å²) in [5, 5.41) is 13.3. The Hall–Kier alpha value is -2.22. The highest BCUT2D eigenvalue weighted by Gasteiger charge is 2.61. The van der Waals surface area contributed by atoms with E-state index in [0.717, 1.165) is 12.8 Å². The minimum absolute atomic E-state index is 0.167. The highest BCUT2D eigenvalue weighted by molar-refractivity contribution is 7.89. The van der Waals surface area contributed by atoms with Crippen molar-refractivity contribution in [3.05, 3.63) is 60.2 Å². The van der Waals surface area contributed by atoms with Crippen LogP contribution in [0.5, 0.6) is 0 Å². The first-order valence-electron chi connectivity index (χ1n) is 9.61. The standard InChI is InChI=1S/C21H22N2O4S/c24-20-14-10-15-12-23(19(20)18(15)11-14)28(26,27)17-8-6-13(7-9-17)21(25)22-16-4-2-1-3-5-16/h1-9,14-15,18-20,24H,10-12H2,(H,22,25)/t14-,15-,18+,19+,20-/m0/s1. The first-order chi connectivity index (χ1) is 13.4. The summed E-state index contributed by atoms with van der Waals surface area (Å²) in [5.74, 6) is 0.600. The maximum Gasteiger partial charge on any atom is 0.255 e. The smallest absolute Gasteiger partial charge is 0.255 e. The number of sulfonamides is 1. The lowest BCUT2D eigenvalue weighted by Crippen LogP contribution is -2.43. The predicted octanol–water partition coefficient (Wildman–Crippen LogP) is 2.33. The molecule has 1 saturated heterocycles. The Labute approximate surface area is 164 Å². The molecular formula is C21H22N2O4S. The van der Waals surface area contributed by atoms with Gasteiger partial charge in [-0.05, 0) is 67.0 Å². The molecule has 146 valence electrons. The van der Waals surface area contributed by atoms with E-state index in [2.05, 4.69) is 5.32 Å². The average molecular weight is 398 g/mol. The number of amides is 1. The summed E-state index contributed by atoms with van der Waals surface area (Å²) < 4.78 is 27.8. The lowest BCUT2D eigenvalue weighted by Gasteiger charge is -2.28. The first-order valence-corrected chi connectivity index (χ1v) is 11.1. The van der Waals surface area contributed by atoms with Gasteiger partial charge in [0.05, 0.1) is 17.0 Å². The average Bonchev–Trinajstić information content (AvgIpc) is 3.32. The molecule has 28 heavy (non-hydrogen) atoms. The Morgan fingerprint density at radius 1 is 1.00 bits per heavy atom. The molecule has 2 bridgehead atoms. The Morgan fingerprint density at radius 3 is 2.39 bits per heavy atom. The minimum atomic E-state index is -3.69. The molecule has 5 rings (SSSR count). The van der Waals surface area contributed by atoms with Crippen molar-refractivity contribution in [2.24, 2.45) is 17.8 Å². The van der Waals surface area contributed by atoms with Crippen molar-refractivity contribution in [3.63, 3.8) is 0 Å². The molecule has 6 nitrogen and oxygen atoms in total. The second kappa shape index (κ2) is 6.40. The first kappa shape index (κ1) is 17.8. The van der Waals surface area contributed by atoms with Gasteiger partial charge in [0.25, 0.3) is 5.91 Å². The third-order valence-electron chi connectivity index (χ3n) is 6.56. The number of anilines is 1. The molecular weight excluding hydrogens is 376 g/mol. The summed E-state index contributed by atoms with van der Waals surface area (Å²) in [4.78, 5) is 12.5. The van der Waals surface area contributed by atoms with Gasteiger partial charge in [0.2, 0.25) is 10.0 Å². The van der Waals surface area contributed by atoms with Crippen LogP contribution in [0.4, 0.5) is 5.69 Å².